The van der Waals surface area contributed by atoms with Gasteiger partial charge in [0.1, 0.15) is 18.8 Å². The summed E-state index contributed by atoms with van der Waals surface area (Å²) in [5.41, 5.74) is 3.25. The molecule has 1 heterocycles. The van der Waals surface area contributed by atoms with E-state index in [0.29, 0.717) is 18.2 Å². The summed E-state index contributed by atoms with van der Waals surface area (Å²) in [7, 11) is -1.44. The van der Waals surface area contributed by atoms with Crippen LogP contribution in [0.5, 0.6) is 0 Å². The molecule has 1 unspecified atom stereocenters. The quantitative estimate of drug-likeness (QED) is 0.210. The molecule has 2 rings (SSSR count). The number of ketones is 1. The van der Waals surface area contributed by atoms with E-state index in [2.05, 4.69) is 31.5 Å². The largest absolute Gasteiger partial charge is 0.392 e. The van der Waals surface area contributed by atoms with Gasteiger partial charge >= 0.3 is 6.18 Å². The molecule has 4 atom stereocenters. The molecule has 38 heavy (non-hydrogen) atoms. The predicted molar refractivity (Wildman–Crippen MR) is 146 cm³/mol. The number of benzene rings is 1. The number of aryl methyl sites for hydroxylation is 2. The van der Waals surface area contributed by atoms with Crippen molar-refractivity contribution >= 4 is 19.9 Å². The Labute approximate surface area is 225 Å². The average molecular weight is 555 g/mol. The Morgan fingerprint density at radius 3 is 2.50 bits per heavy atom. The van der Waals surface area contributed by atoms with Crippen LogP contribution < -0.4 is 0 Å². The van der Waals surface area contributed by atoms with Crippen molar-refractivity contribution in [2.45, 2.75) is 97.4 Å². The van der Waals surface area contributed by atoms with E-state index in [4.69, 9.17) is 14.2 Å². The van der Waals surface area contributed by atoms with E-state index in [1.807, 2.05) is 38.1 Å². The van der Waals surface area contributed by atoms with Crippen LogP contribution in [0, 0.1) is 31.6 Å². The van der Waals surface area contributed by atoms with Crippen LogP contribution in [0.1, 0.15) is 60.7 Å². The smallest absolute Gasteiger partial charge is 0.378 e. The maximum Gasteiger partial charge on any atom is 0.392 e. The molecule has 212 valence electrons. The average Bonchev–Trinajstić information content (AvgIpc) is 3.05. The van der Waals surface area contributed by atoms with Crippen molar-refractivity contribution in [3.8, 4) is 11.8 Å². The molecule has 0 bridgehead atoms. The molecule has 0 radical (unpaired) electrons. The van der Waals surface area contributed by atoms with Crippen LogP contribution in [0.25, 0.3) is 6.08 Å². The summed E-state index contributed by atoms with van der Waals surface area (Å²) < 4.78 is 55.7. The van der Waals surface area contributed by atoms with Crippen molar-refractivity contribution in [1.29, 1.82) is 0 Å². The minimum atomic E-state index is -4.34. The zero-order valence-electron chi connectivity index (χ0n) is 23.7. The number of rotatable bonds is 10. The molecule has 1 N–H and O–H groups in total. The molecule has 1 saturated heterocycles. The number of halogens is 3. The third-order valence-electron chi connectivity index (χ3n) is 5.97. The highest BCUT2D eigenvalue weighted by atomic mass is 28.3. The molecule has 0 spiro atoms. The lowest BCUT2D eigenvalue weighted by Crippen LogP contribution is -2.34. The number of aliphatic hydroxyl groups is 1. The van der Waals surface area contributed by atoms with Gasteiger partial charge in [0.25, 0.3) is 0 Å². The van der Waals surface area contributed by atoms with E-state index >= 15 is 0 Å². The van der Waals surface area contributed by atoms with Gasteiger partial charge in [0, 0.05) is 18.2 Å². The van der Waals surface area contributed by atoms with Gasteiger partial charge in [0.2, 0.25) is 0 Å². The van der Waals surface area contributed by atoms with E-state index < -0.39 is 50.7 Å². The number of alkyl halides is 3. The highest BCUT2D eigenvalue weighted by Gasteiger charge is 2.44. The maximum absolute atomic E-state index is 13.0. The number of carbonyl (C=O) groups excluding carboxylic acids is 1. The van der Waals surface area contributed by atoms with Gasteiger partial charge in [-0.15, -0.1) is 0 Å². The topological polar surface area (TPSA) is 65.0 Å². The SMILES string of the molecule is Cc1cc(C)c(C(=O)COC[Si](C)(C)C)c(/C=C/C[C@@H]2OC(C)(C)O[C@@H]2C(O)C#CC[C@@H](C)C(F)(F)F)c1. The van der Waals surface area contributed by atoms with E-state index in [1.54, 1.807) is 13.8 Å². The van der Waals surface area contributed by atoms with Crippen LogP contribution in [0.15, 0.2) is 18.2 Å². The first-order valence-electron chi connectivity index (χ1n) is 12.9. The van der Waals surface area contributed by atoms with E-state index in [0.717, 1.165) is 23.6 Å². The third-order valence-corrected chi connectivity index (χ3v) is 7.04. The van der Waals surface area contributed by atoms with E-state index in [1.165, 1.54) is 0 Å². The Hall–Kier alpha value is -1.96. The summed E-state index contributed by atoms with van der Waals surface area (Å²) in [5.74, 6) is 2.27. The molecule has 5 nitrogen and oxygen atoms in total. The van der Waals surface area contributed by atoms with Gasteiger partial charge < -0.3 is 19.3 Å². The van der Waals surface area contributed by atoms with Gasteiger partial charge in [-0.2, -0.15) is 13.2 Å². The van der Waals surface area contributed by atoms with Gasteiger partial charge in [0.15, 0.2) is 11.6 Å². The molecule has 1 aliphatic heterocycles. The fourth-order valence-electron chi connectivity index (χ4n) is 4.19. The van der Waals surface area contributed by atoms with E-state index in [9.17, 15) is 23.1 Å². The summed E-state index contributed by atoms with van der Waals surface area (Å²) in [5, 5.41) is 10.6. The molecule has 1 fully saturated rings. The molecule has 0 aromatic heterocycles. The first-order chi connectivity index (χ1) is 17.4. The Morgan fingerprint density at radius 2 is 1.89 bits per heavy atom. The minimum absolute atomic E-state index is 0.0165. The van der Waals surface area contributed by atoms with Crippen molar-refractivity contribution < 1.29 is 37.3 Å². The van der Waals surface area contributed by atoms with Crippen LogP contribution in [-0.4, -0.2) is 62.1 Å². The molecule has 0 saturated carbocycles. The zero-order valence-corrected chi connectivity index (χ0v) is 24.7. The van der Waals surface area contributed by atoms with Crippen LogP contribution in [0.4, 0.5) is 13.2 Å². The molecular formula is C29H41F3O5Si. The second-order valence-corrected chi connectivity index (χ2v) is 17.1. The highest BCUT2D eigenvalue weighted by Crippen LogP contribution is 2.33. The summed E-state index contributed by atoms with van der Waals surface area (Å²) in [6, 6.07) is 3.90. The van der Waals surface area contributed by atoms with Gasteiger partial charge in [-0.1, -0.05) is 68.3 Å². The number of ether oxygens (including phenoxy) is 3. The Morgan fingerprint density at radius 1 is 1.24 bits per heavy atom. The lowest BCUT2D eigenvalue weighted by Gasteiger charge is -2.18. The second-order valence-electron chi connectivity index (χ2n) is 11.7. The molecule has 1 aromatic rings. The fraction of sp³-hybridized carbons (Fsp3) is 0.621. The first kappa shape index (κ1) is 32.2. The van der Waals surface area contributed by atoms with Crippen molar-refractivity contribution in [3.63, 3.8) is 0 Å². The molecular weight excluding hydrogens is 513 g/mol. The number of carbonyl (C=O) groups is 1. The molecule has 0 amide bonds. The second kappa shape index (κ2) is 12.9. The summed E-state index contributed by atoms with van der Waals surface area (Å²) >= 11 is 0. The molecule has 1 aromatic carbocycles. The standard InChI is InChI=1S/C29H41F3O5Si/c1-19-15-20(2)26(24(34)17-35-18-38(6,7)8)22(16-19)12-10-14-25-27(37-28(4,5)36-25)23(33)13-9-11-21(3)29(30,31)32/h10,12,15-16,21,23,25,27,33H,11,14,17-18H2,1-8H3/b12-10+/t21-,23?,25+,27-/m1/s1. The first-order valence-corrected chi connectivity index (χ1v) is 16.6. The van der Waals surface area contributed by atoms with Crippen LogP contribution in [0.2, 0.25) is 19.6 Å². The molecule has 0 aliphatic carbocycles. The lowest BCUT2D eigenvalue weighted by atomic mass is 9.95. The summed E-state index contributed by atoms with van der Waals surface area (Å²) in [6.07, 6.45) is -2.82. The Kier molecular flexibility index (Phi) is 11.0. The van der Waals surface area contributed by atoms with Gasteiger partial charge in [-0.3, -0.25) is 4.79 Å². The number of hydrogen-bond donors (Lipinski definition) is 1. The van der Waals surface area contributed by atoms with Crippen LogP contribution in [0.3, 0.4) is 0 Å². The number of Topliss-reactive ketones (excluding diaryl/α,β-unsaturated/α-hetero) is 1. The van der Waals surface area contributed by atoms with Crippen LogP contribution >= 0.6 is 0 Å². The normalized spacial score (nSPS) is 21.3. The third kappa shape index (κ3) is 9.97. The maximum atomic E-state index is 13.0. The Bertz CT molecular complexity index is 1060. The summed E-state index contributed by atoms with van der Waals surface area (Å²) in [4.78, 5) is 13.0. The van der Waals surface area contributed by atoms with Crippen molar-refractivity contribution in [2.75, 3.05) is 12.8 Å². The van der Waals surface area contributed by atoms with Crippen molar-refractivity contribution in [1.82, 2.24) is 0 Å². The van der Waals surface area contributed by atoms with Gasteiger partial charge in [-0.25, -0.2) is 0 Å². The molecule has 9 heteroatoms. The predicted octanol–water partition coefficient (Wildman–Crippen LogP) is 6.26. The zero-order chi connectivity index (χ0) is 28.9. The van der Waals surface area contributed by atoms with Gasteiger partial charge in [0.05, 0.1) is 20.1 Å². The Balaban J connectivity index is 2.16. The number of aliphatic hydroxyl groups excluding tert-OH is 1. The lowest BCUT2D eigenvalue weighted by molar-refractivity contribution is -0.167. The minimum Gasteiger partial charge on any atom is -0.378 e. The molecule has 1 aliphatic rings. The van der Waals surface area contributed by atoms with Crippen molar-refractivity contribution in [2.24, 2.45) is 5.92 Å². The van der Waals surface area contributed by atoms with E-state index in [-0.39, 0.29) is 12.4 Å². The summed E-state index contributed by atoms with van der Waals surface area (Å²) in [6.45, 7) is 14.9. The highest BCUT2D eigenvalue weighted by molar-refractivity contribution is 6.76. The number of hydrogen-bond acceptors (Lipinski definition) is 5. The van der Waals surface area contributed by atoms with Gasteiger partial charge in [-0.05, 0) is 45.2 Å². The van der Waals surface area contributed by atoms with Crippen molar-refractivity contribution in [3.05, 3.63) is 40.5 Å². The van der Waals surface area contributed by atoms with Crippen LogP contribution in [-0.2, 0) is 14.2 Å². The monoisotopic (exact) mass is 554 g/mol. The fourth-order valence-corrected chi connectivity index (χ4v) is 4.91.